The molecular formula is C19H15N9O. The van der Waals surface area contributed by atoms with E-state index in [9.17, 15) is 0 Å². The lowest BCUT2D eigenvalue weighted by molar-refractivity contribution is 0.501. The van der Waals surface area contributed by atoms with Gasteiger partial charge in [-0.25, -0.2) is 19.5 Å². The number of hydrogen-bond acceptors (Lipinski definition) is 8. The number of fused-ring (bicyclic) bond motifs is 2. The summed E-state index contributed by atoms with van der Waals surface area (Å²) in [6, 6.07) is 9.91. The molecule has 6 rings (SSSR count). The summed E-state index contributed by atoms with van der Waals surface area (Å²) in [4.78, 5) is 18.2. The third kappa shape index (κ3) is 2.57. The Morgan fingerprint density at radius 1 is 1.07 bits per heavy atom. The molecule has 0 radical (unpaired) electrons. The van der Waals surface area contributed by atoms with Crippen LogP contribution in [0.5, 0.6) is 0 Å². The Morgan fingerprint density at radius 3 is 2.90 bits per heavy atom. The Labute approximate surface area is 164 Å². The average molecular weight is 385 g/mol. The fraction of sp³-hybridized carbons (Fsp3) is 0.158. The molecule has 10 nitrogen and oxygen atoms in total. The van der Waals surface area contributed by atoms with Gasteiger partial charge in [0.15, 0.2) is 0 Å². The third-order valence-electron chi connectivity index (χ3n) is 5.01. The molecule has 0 spiro atoms. The van der Waals surface area contributed by atoms with Gasteiger partial charge in [0, 0.05) is 37.3 Å². The number of aromatic amines is 1. The van der Waals surface area contributed by atoms with Crippen LogP contribution in [0.15, 0.2) is 59.7 Å². The Kier molecular flexibility index (Phi) is 3.42. The van der Waals surface area contributed by atoms with Gasteiger partial charge >= 0.3 is 6.01 Å². The molecule has 0 amide bonds. The largest absolute Gasteiger partial charge is 0.400 e. The van der Waals surface area contributed by atoms with Gasteiger partial charge in [0.2, 0.25) is 5.82 Å². The predicted molar refractivity (Wildman–Crippen MR) is 102 cm³/mol. The highest BCUT2D eigenvalue weighted by atomic mass is 16.4. The van der Waals surface area contributed by atoms with Crippen molar-refractivity contribution in [2.45, 2.75) is 12.5 Å². The summed E-state index contributed by atoms with van der Waals surface area (Å²) in [5.74, 6) is 0.676. The molecule has 1 aliphatic heterocycles. The molecule has 10 heteroatoms. The lowest BCUT2D eigenvalue weighted by atomic mass is 10.0. The maximum Gasteiger partial charge on any atom is 0.319 e. The van der Waals surface area contributed by atoms with Crippen LogP contribution >= 0.6 is 0 Å². The van der Waals surface area contributed by atoms with Gasteiger partial charge in [-0.1, -0.05) is 11.2 Å². The molecule has 5 aromatic heterocycles. The van der Waals surface area contributed by atoms with Crippen molar-refractivity contribution in [3.05, 3.63) is 72.3 Å². The summed E-state index contributed by atoms with van der Waals surface area (Å²) in [7, 11) is 0. The Bertz CT molecular complexity index is 1260. The van der Waals surface area contributed by atoms with Crippen LogP contribution in [0.3, 0.4) is 0 Å². The van der Waals surface area contributed by atoms with Crippen molar-refractivity contribution in [1.82, 2.24) is 39.7 Å². The fourth-order valence-electron chi connectivity index (χ4n) is 3.71. The van der Waals surface area contributed by atoms with Crippen molar-refractivity contribution in [3.8, 4) is 11.7 Å². The summed E-state index contributed by atoms with van der Waals surface area (Å²) in [5.41, 5.74) is 3.87. The smallest absolute Gasteiger partial charge is 0.319 e. The Morgan fingerprint density at radius 2 is 2.00 bits per heavy atom. The van der Waals surface area contributed by atoms with E-state index in [2.05, 4.69) is 36.2 Å². The van der Waals surface area contributed by atoms with E-state index in [0.29, 0.717) is 18.4 Å². The summed E-state index contributed by atoms with van der Waals surface area (Å²) in [6.45, 7) is 0.686. The second-order valence-electron chi connectivity index (χ2n) is 6.71. The molecule has 0 bridgehead atoms. The van der Waals surface area contributed by atoms with Crippen LogP contribution in [0, 0.1) is 0 Å². The molecule has 1 atom stereocenters. The molecule has 1 N–H and O–H groups in total. The lowest BCUT2D eigenvalue weighted by Crippen LogP contribution is -2.36. The van der Waals surface area contributed by atoms with Crippen LogP contribution in [0.2, 0.25) is 0 Å². The zero-order chi connectivity index (χ0) is 19.2. The number of H-pyrrole nitrogens is 1. The first kappa shape index (κ1) is 15.9. The van der Waals surface area contributed by atoms with E-state index >= 15 is 0 Å². The molecule has 29 heavy (non-hydrogen) atoms. The van der Waals surface area contributed by atoms with Crippen LogP contribution in [0.1, 0.15) is 23.1 Å². The van der Waals surface area contributed by atoms with Gasteiger partial charge in [-0.05, 0) is 24.3 Å². The SMILES string of the molecule is c1cnc(-c2nnc(N3CCc4[nH]cnc4C3c3cc4ccccn4n3)o2)nc1. The highest BCUT2D eigenvalue weighted by Gasteiger charge is 2.36. The van der Waals surface area contributed by atoms with Crippen molar-refractivity contribution in [2.75, 3.05) is 11.4 Å². The molecule has 1 unspecified atom stereocenters. The summed E-state index contributed by atoms with van der Waals surface area (Å²) < 4.78 is 7.79. The van der Waals surface area contributed by atoms with Gasteiger partial charge < -0.3 is 14.3 Å². The van der Waals surface area contributed by atoms with Crippen molar-refractivity contribution in [3.63, 3.8) is 0 Å². The molecule has 5 aromatic rings. The van der Waals surface area contributed by atoms with E-state index < -0.39 is 0 Å². The zero-order valence-corrected chi connectivity index (χ0v) is 15.2. The van der Waals surface area contributed by atoms with Crippen molar-refractivity contribution in [1.29, 1.82) is 0 Å². The van der Waals surface area contributed by atoms with Crippen molar-refractivity contribution < 1.29 is 4.42 Å². The molecule has 142 valence electrons. The first-order valence-electron chi connectivity index (χ1n) is 9.21. The first-order chi connectivity index (χ1) is 14.4. The fourth-order valence-corrected chi connectivity index (χ4v) is 3.71. The van der Waals surface area contributed by atoms with E-state index in [4.69, 9.17) is 9.52 Å². The standard InChI is InChI=1S/C19H15N9O/c1-2-8-28-12(4-1)10-14(26-28)16-15-13(22-11-23-15)5-9-27(16)19-25-24-18(29-19)17-20-6-3-7-21-17/h1-4,6-8,10-11,16H,5,9H2,(H,22,23). The minimum Gasteiger partial charge on any atom is -0.400 e. The maximum absolute atomic E-state index is 5.93. The normalized spacial score (nSPS) is 16.3. The molecular weight excluding hydrogens is 370 g/mol. The summed E-state index contributed by atoms with van der Waals surface area (Å²) in [5, 5.41) is 13.2. The van der Waals surface area contributed by atoms with E-state index in [-0.39, 0.29) is 11.9 Å². The van der Waals surface area contributed by atoms with Crippen LogP contribution < -0.4 is 4.90 Å². The maximum atomic E-state index is 5.93. The zero-order valence-electron chi connectivity index (χ0n) is 15.2. The number of pyridine rings is 1. The van der Waals surface area contributed by atoms with E-state index in [1.165, 1.54) is 0 Å². The molecule has 0 aromatic carbocycles. The second kappa shape index (κ2) is 6.23. The van der Waals surface area contributed by atoms with E-state index in [1.807, 2.05) is 33.8 Å². The Balaban J connectivity index is 1.45. The number of aromatic nitrogens is 8. The number of nitrogens with one attached hydrogen (secondary N) is 1. The van der Waals surface area contributed by atoms with Crippen LogP contribution in [-0.2, 0) is 6.42 Å². The third-order valence-corrected chi connectivity index (χ3v) is 5.01. The highest BCUT2D eigenvalue weighted by Crippen LogP contribution is 2.36. The molecule has 0 saturated carbocycles. The van der Waals surface area contributed by atoms with Gasteiger partial charge in [0.1, 0.15) is 6.04 Å². The quantitative estimate of drug-likeness (QED) is 0.502. The summed E-state index contributed by atoms with van der Waals surface area (Å²) >= 11 is 0. The van der Waals surface area contributed by atoms with Crippen LogP contribution in [0.25, 0.3) is 17.2 Å². The monoisotopic (exact) mass is 385 g/mol. The molecule has 0 saturated heterocycles. The van der Waals surface area contributed by atoms with Crippen molar-refractivity contribution >= 4 is 11.5 Å². The minimum atomic E-state index is -0.241. The molecule has 0 aliphatic carbocycles. The number of hydrogen-bond donors (Lipinski definition) is 1. The highest BCUT2D eigenvalue weighted by molar-refractivity contribution is 5.52. The topological polar surface area (TPSA) is 114 Å². The van der Waals surface area contributed by atoms with Gasteiger partial charge in [0.25, 0.3) is 5.89 Å². The average Bonchev–Trinajstić information content (AvgIpc) is 3.52. The summed E-state index contributed by atoms with van der Waals surface area (Å²) in [6.07, 6.45) is 7.72. The van der Waals surface area contributed by atoms with Gasteiger partial charge in [0.05, 0.1) is 23.2 Å². The van der Waals surface area contributed by atoms with E-state index in [1.54, 1.807) is 24.8 Å². The molecule has 1 aliphatic rings. The minimum absolute atomic E-state index is 0.241. The van der Waals surface area contributed by atoms with E-state index in [0.717, 1.165) is 29.0 Å². The number of anilines is 1. The van der Waals surface area contributed by atoms with Crippen molar-refractivity contribution in [2.24, 2.45) is 0 Å². The lowest BCUT2D eigenvalue weighted by Gasteiger charge is -2.32. The van der Waals surface area contributed by atoms with Gasteiger partial charge in [-0.3, -0.25) is 0 Å². The molecule has 6 heterocycles. The second-order valence-corrected chi connectivity index (χ2v) is 6.71. The number of nitrogens with zero attached hydrogens (tertiary/aromatic N) is 8. The number of imidazole rings is 1. The van der Waals surface area contributed by atoms with Crippen LogP contribution in [0.4, 0.5) is 6.01 Å². The first-order valence-corrected chi connectivity index (χ1v) is 9.21. The predicted octanol–water partition coefficient (Wildman–Crippen LogP) is 2.05. The van der Waals surface area contributed by atoms with Crippen LogP contribution in [-0.4, -0.2) is 46.3 Å². The Hall–Kier alpha value is -4.08. The molecule has 0 fully saturated rings. The van der Waals surface area contributed by atoms with Gasteiger partial charge in [-0.15, -0.1) is 5.10 Å². The van der Waals surface area contributed by atoms with Gasteiger partial charge in [-0.2, -0.15) is 5.10 Å². The number of rotatable bonds is 3.